The van der Waals surface area contributed by atoms with E-state index < -0.39 is 0 Å². The van der Waals surface area contributed by atoms with Crippen molar-refractivity contribution in [1.29, 1.82) is 0 Å². The van der Waals surface area contributed by atoms with Crippen LogP contribution in [0.25, 0.3) is 28.2 Å². The molecule has 0 saturated carbocycles. The van der Waals surface area contributed by atoms with Crippen molar-refractivity contribution in [2.24, 2.45) is 17.8 Å². The van der Waals surface area contributed by atoms with E-state index in [0.717, 1.165) is 39.2 Å². The van der Waals surface area contributed by atoms with Crippen LogP contribution in [0, 0.1) is 13.8 Å². The van der Waals surface area contributed by atoms with Crippen molar-refractivity contribution in [3.05, 3.63) is 40.7 Å². The maximum Gasteiger partial charge on any atom is 0.221 e. The van der Waals surface area contributed by atoms with Gasteiger partial charge in [-0.2, -0.15) is 10.2 Å². The van der Waals surface area contributed by atoms with Crippen LogP contribution < -0.4 is 10.5 Å². The molecule has 0 aromatic carbocycles. The summed E-state index contributed by atoms with van der Waals surface area (Å²) in [6.07, 6.45) is 3.55. The van der Waals surface area contributed by atoms with Crippen molar-refractivity contribution in [1.82, 2.24) is 29.9 Å². The number of ether oxygens (including phenoxy) is 3. The maximum absolute atomic E-state index is 9.83. The highest BCUT2D eigenvalue weighted by atomic mass is 16.6. The Hall–Kier alpha value is -3.74. The van der Waals surface area contributed by atoms with Crippen LogP contribution >= 0.6 is 0 Å². The zero-order chi connectivity index (χ0) is 28.6. The first kappa shape index (κ1) is 27.8. The number of aromatic amines is 1. The molecule has 0 amide bonds. The van der Waals surface area contributed by atoms with Gasteiger partial charge in [-0.05, 0) is 53.0 Å². The predicted octanol–water partition coefficient (Wildman–Crippen LogP) is 2.11. The number of hydrogen-bond donors (Lipinski definition) is 3. The van der Waals surface area contributed by atoms with Gasteiger partial charge in [0.15, 0.2) is 5.88 Å². The Morgan fingerprint density at radius 3 is 2.83 bits per heavy atom. The molecule has 0 aliphatic carbocycles. The third kappa shape index (κ3) is 5.21. The quantitative estimate of drug-likeness (QED) is 0.415. The number of aryl methyl sites for hydroxylation is 3. The molecule has 2 aliphatic heterocycles. The molecule has 0 radical (unpaired) electrons. The van der Waals surface area contributed by atoms with Gasteiger partial charge in [-0.1, -0.05) is 0 Å². The zero-order valence-electron chi connectivity index (χ0n) is 23.9. The molecule has 1 saturated heterocycles. The molecular weight excluding hydrogens is 512 g/mol. The third-order valence-corrected chi connectivity index (χ3v) is 7.33. The molecule has 1 fully saturated rings. The van der Waals surface area contributed by atoms with Gasteiger partial charge in [0.1, 0.15) is 11.6 Å². The summed E-state index contributed by atoms with van der Waals surface area (Å²) in [7, 11) is 3.88. The number of fused-ring (bicyclic) bond motifs is 4. The summed E-state index contributed by atoms with van der Waals surface area (Å²) in [5, 5.41) is 23.1. The molecule has 2 bridgehead atoms. The number of aromatic nitrogens is 5. The molecule has 5 heterocycles. The molecule has 2 aliphatic rings. The third-order valence-electron chi connectivity index (χ3n) is 7.33. The molecule has 3 aromatic heterocycles. The number of hydrogen-bond acceptors (Lipinski definition) is 10. The summed E-state index contributed by atoms with van der Waals surface area (Å²) < 4.78 is 20.1. The summed E-state index contributed by atoms with van der Waals surface area (Å²) in [6.45, 7) is 9.30. The minimum absolute atomic E-state index is 0.0736. The van der Waals surface area contributed by atoms with Gasteiger partial charge in [0.2, 0.25) is 5.88 Å². The lowest BCUT2D eigenvalue weighted by molar-refractivity contribution is 0.114. The highest BCUT2D eigenvalue weighted by Gasteiger charge is 2.36. The van der Waals surface area contributed by atoms with Crippen molar-refractivity contribution in [3.63, 3.8) is 0 Å². The zero-order valence-corrected chi connectivity index (χ0v) is 23.9. The van der Waals surface area contributed by atoms with E-state index in [1.165, 1.54) is 0 Å². The number of nitrogens with one attached hydrogen (secondary N) is 1. The van der Waals surface area contributed by atoms with Gasteiger partial charge < -0.3 is 25.1 Å². The lowest BCUT2D eigenvalue weighted by atomic mass is 10.1. The molecule has 4 N–H and O–H groups in total. The fourth-order valence-electron chi connectivity index (χ4n) is 5.28. The van der Waals surface area contributed by atoms with Crippen LogP contribution in [0.3, 0.4) is 0 Å². The van der Waals surface area contributed by atoms with Crippen LogP contribution in [0.15, 0.2) is 28.6 Å². The summed E-state index contributed by atoms with van der Waals surface area (Å²) >= 11 is 0. The number of aliphatic hydroxyl groups is 1. The summed E-state index contributed by atoms with van der Waals surface area (Å²) in [4.78, 5) is 11.9. The first-order valence-corrected chi connectivity index (χ1v) is 13.5. The van der Waals surface area contributed by atoms with Crippen molar-refractivity contribution in [3.8, 4) is 17.1 Å². The maximum atomic E-state index is 9.83. The summed E-state index contributed by atoms with van der Waals surface area (Å²) in [5.74, 6) is 0.893. The van der Waals surface area contributed by atoms with Gasteiger partial charge in [-0.3, -0.25) is 20.0 Å². The largest absolute Gasteiger partial charge is 0.479 e. The SMILES string of the molecule is CCO/C(N)=C1\C=C\c2[nH]nc3c(C)nc(cc23)-c2c(C)nn(C)c2OC2COCC2N(C)CC1=NC(C)CO. The number of H-pyrrole nitrogens is 1. The summed E-state index contributed by atoms with van der Waals surface area (Å²) in [6, 6.07) is 1.60. The molecule has 3 aromatic rings. The van der Waals surface area contributed by atoms with Gasteiger partial charge in [0.05, 0.1) is 78.1 Å². The smallest absolute Gasteiger partial charge is 0.221 e. The normalized spacial score (nSPS) is 23.8. The molecule has 3 atom stereocenters. The molecule has 12 nitrogen and oxygen atoms in total. The number of nitrogens with two attached hydrogens (primary N) is 1. The average Bonchev–Trinajstić information content (AvgIpc) is 3.61. The van der Waals surface area contributed by atoms with Gasteiger partial charge in [0, 0.05) is 19.0 Å². The lowest BCUT2D eigenvalue weighted by Crippen LogP contribution is -2.46. The molecule has 40 heavy (non-hydrogen) atoms. The Morgan fingerprint density at radius 2 is 2.08 bits per heavy atom. The molecule has 12 heteroatoms. The van der Waals surface area contributed by atoms with Crippen molar-refractivity contribution < 1.29 is 19.3 Å². The van der Waals surface area contributed by atoms with Crippen molar-refractivity contribution in [2.75, 3.05) is 40.0 Å². The Morgan fingerprint density at radius 1 is 1.27 bits per heavy atom. The number of likely N-dealkylation sites (N-methyl/N-ethyl adjacent to an activating group) is 1. The van der Waals surface area contributed by atoms with Crippen LogP contribution in [0.4, 0.5) is 0 Å². The van der Waals surface area contributed by atoms with Crippen LogP contribution in [0.2, 0.25) is 0 Å². The average molecular weight is 551 g/mol. The second kappa shape index (κ2) is 11.4. The van der Waals surface area contributed by atoms with E-state index in [0.29, 0.717) is 43.5 Å². The first-order valence-electron chi connectivity index (χ1n) is 13.5. The van der Waals surface area contributed by atoms with E-state index in [9.17, 15) is 5.11 Å². The molecule has 0 spiro atoms. The van der Waals surface area contributed by atoms with Crippen LogP contribution in [-0.2, 0) is 16.5 Å². The van der Waals surface area contributed by atoms with E-state index in [2.05, 4.69) is 20.2 Å². The molecule has 5 rings (SSSR count). The first-order chi connectivity index (χ1) is 19.2. The topological polar surface area (TPSA) is 149 Å². The van der Waals surface area contributed by atoms with E-state index in [4.69, 9.17) is 29.9 Å². The van der Waals surface area contributed by atoms with E-state index >= 15 is 0 Å². The second-order valence-corrected chi connectivity index (χ2v) is 10.3. The van der Waals surface area contributed by atoms with Gasteiger partial charge in [-0.15, -0.1) is 0 Å². The predicted molar refractivity (Wildman–Crippen MR) is 153 cm³/mol. The van der Waals surface area contributed by atoms with Crippen LogP contribution in [0.1, 0.15) is 30.9 Å². The van der Waals surface area contributed by atoms with E-state index in [-0.39, 0.29) is 30.7 Å². The Labute approximate surface area is 233 Å². The number of pyridine rings is 1. The minimum atomic E-state index is -0.334. The molecule has 3 unspecified atom stereocenters. The monoisotopic (exact) mass is 550 g/mol. The molecule has 214 valence electrons. The number of aliphatic imine (C=N–C) groups is 1. The summed E-state index contributed by atoms with van der Waals surface area (Å²) in [5.41, 5.74) is 12.5. The van der Waals surface area contributed by atoms with Crippen molar-refractivity contribution >= 4 is 22.7 Å². The van der Waals surface area contributed by atoms with Gasteiger partial charge in [-0.25, -0.2) is 4.68 Å². The van der Waals surface area contributed by atoms with Gasteiger partial charge >= 0.3 is 0 Å². The number of aliphatic hydroxyl groups excluding tert-OH is 1. The van der Waals surface area contributed by atoms with Crippen LogP contribution in [-0.4, -0.2) is 98.9 Å². The second-order valence-electron chi connectivity index (χ2n) is 10.3. The number of allylic oxidation sites excluding steroid dienone is 1. The Balaban J connectivity index is 1.75. The van der Waals surface area contributed by atoms with Crippen LogP contribution in [0.5, 0.6) is 5.88 Å². The highest BCUT2D eigenvalue weighted by molar-refractivity contribution is 6.05. The Kier molecular flexibility index (Phi) is 7.92. The fraction of sp³-hybridized carbons (Fsp3) is 0.500. The van der Waals surface area contributed by atoms with E-state index in [1.54, 1.807) is 4.68 Å². The minimum Gasteiger partial charge on any atom is -0.479 e. The lowest BCUT2D eigenvalue weighted by Gasteiger charge is -2.29. The fourth-order valence-corrected chi connectivity index (χ4v) is 5.28. The van der Waals surface area contributed by atoms with Crippen molar-refractivity contribution in [2.45, 2.75) is 45.9 Å². The number of nitrogens with zero attached hydrogens (tertiary/aromatic N) is 6. The van der Waals surface area contributed by atoms with Gasteiger partial charge in [0.25, 0.3) is 0 Å². The highest BCUT2D eigenvalue weighted by Crippen LogP contribution is 2.36. The standard InChI is InChI=1S/C28H38N8O4/c1-7-39-27(29)18-8-9-20-19-10-21(31-17(4)26(19)33-32-20)25-16(3)34-36(6)28(25)40-24-14-38-13-23(24)35(5)11-22(18)30-15(2)12-37/h8-10,15,23-24,37H,7,11-14,29H2,1-6H3,(H,32,33)/b9-8+,27-18+,30-22?. The van der Waals surface area contributed by atoms with E-state index in [1.807, 2.05) is 60.0 Å². The molecular formula is C28H38N8O4. The Bertz CT molecular complexity index is 1490. The number of rotatable bonds is 4.